The van der Waals surface area contributed by atoms with Gasteiger partial charge >= 0.3 is 0 Å². The van der Waals surface area contributed by atoms with Gasteiger partial charge in [-0.3, -0.25) is 14.9 Å². The Morgan fingerprint density at radius 2 is 1.81 bits per heavy atom. The number of amides is 1. The molecule has 27 heavy (non-hydrogen) atoms. The molecule has 0 bridgehead atoms. The first-order chi connectivity index (χ1) is 13.0. The van der Waals surface area contributed by atoms with Gasteiger partial charge in [-0.05, 0) is 18.2 Å². The van der Waals surface area contributed by atoms with Gasteiger partial charge in [0.2, 0.25) is 5.91 Å². The average molecular weight is 393 g/mol. The molecule has 0 spiro atoms. The second kappa shape index (κ2) is 8.34. The van der Waals surface area contributed by atoms with Crippen LogP contribution in [0.4, 0.5) is 20.2 Å². The monoisotopic (exact) mass is 393 g/mol. The minimum Gasteiger partial charge on any atom is -0.362 e. The Labute approximate surface area is 158 Å². The number of piperazine rings is 1. The van der Waals surface area contributed by atoms with E-state index in [9.17, 15) is 23.7 Å². The number of hydrogen-bond acceptors (Lipinski definition) is 5. The standard InChI is InChI=1S/C18H17F2N3O3S/c19-13-5-6-17(14(20)11-13)27-12-18(24)22-9-7-21(8-10-22)15-3-1-2-4-16(15)23(25)26/h1-6,11H,7-10,12H2. The minimum atomic E-state index is -0.686. The summed E-state index contributed by atoms with van der Waals surface area (Å²) in [5.41, 5.74) is 0.581. The van der Waals surface area contributed by atoms with Crippen LogP contribution in [0.2, 0.25) is 0 Å². The molecule has 3 rings (SSSR count). The summed E-state index contributed by atoms with van der Waals surface area (Å²) in [4.78, 5) is 26.9. The minimum absolute atomic E-state index is 0.0413. The maximum Gasteiger partial charge on any atom is 0.292 e. The van der Waals surface area contributed by atoms with Crippen LogP contribution in [-0.2, 0) is 4.79 Å². The molecule has 1 saturated heterocycles. The Hall–Kier alpha value is -2.68. The molecular formula is C18H17F2N3O3S. The molecule has 0 radical (unpaired) electrons. The molecule has 1 aliphatic heterocycles. The van der Waals surface area contributed by atoms with Crippen LogP contribution in [0.1, 0.15) is 0 Å². The van der Waals surface area contributed by atoms with Gasteiger partial charge in [0, 0.05) is 43.2 Å². The Balaban J connectivity index is 1.56. The first kappa shape index (κ1) is 19.1. The summed E-state index contributed by atoms with van der Waals surface area (Å²) in [7, 11) is 0. The second-order valence-electron chi connectivity index (χ2n) is 5.98. The summed E-state index contributed by atoms with van der Waals surface area (Å²) in [5, 5.41) is 11.2. The fourth-order valence-electron chi connectivity index (χ4n) is 2.91. The van der Waals surface area contributed by atoms with Crippen LogP contribution >= 0.6 is 11.8 Å². The molecule has 1 amide bonds. The van der Waals surface area contributed by atoms with Crippen LogP contribution < -0.4 is 4.90 Å². The van der Waals surface area contributed by atoms with Crippen molar-refractivity contribution >= 4 is 29.0 Å². The fraction of sp³-hybridized carbons (Fsp3) is 0.278. The number of halogens is 2. The largest absolute Gasteiger partial charge is 0.362 e. The number of anilines is 1. The number of para-hydroxylation sites is 2. The zero-order valence-electron chi connectivity index (χ0n) is 14.3. The van der Waals surface area contributed by atoms with Crippen LogP contribution in [-0.4, -0.2) is 47.7 Å². The van der Waals surface area contributed by atoms with Crippen LogP contribution in [0.15, 0.2) is 47.4 Å². The highest BCUT2D eigenvalue weighted by molar-refractivity contribution is 8.00. The van der Waals surface area contributed by atoms with E-state index in [0.717, 1.165) is 23.9 Å². The van der Waals surface area contributed by atoms with E-state index in [0.29, 0.717) is 31.9 Å². The van der Waals surface area contributed by atoms with Crippen molar-refractivity contribution in [1.29, 1.82) is 0 Å². The second-order valence-corrected chi connectivity index (χ2v) is 6.99. The predicted octanol–water partition coefficient (Wildman–Crippen LogP) is 3.31. The van der Waals surface area contributed by atoms with Gasteiger partial charge in [0.1, 0.15) is 17.3 Å². The van der Waals surface area contributed by atoms with Crippen LogP contribution in [0.25, 0.3) is 0 Å². The highest BCUT2D eigenvalue weighted by atomic mass is 32.2. The highest BCUT2D eigenvalue weighted by Gasteiger charge is 2.25. The van der Waals surface area contributed by atoms with E-state index < -0.39 is 16.6 Å². The summed E-state index contributed by atoms with van der Waals surface area (Å²) in [6.45, 7) is 1.81. The smallest absolute Gasteiger partial charge is 0.292 e. The first-order valence-corrected chi connectivity index (χ1v) is 9.28. The highest BCUT2D eigenvalue weighted by Crippen LogP contribution is 2.28. The zero-order chi connectivity index (χ0) is 19.4. The van der Waals surface area contributed by atoms with E-state index >= 15 is 0 Å². The lowest BCUT2D eigenvalue weighted by Gasteiger charge is -2.35. The van der Waals surface area contributed by atoms with Gasteiger partial charge in [-0.2, -0.15) is 0 Å². The van der Waals surface area contributed by atoms with Gasteiger partial charge in [0.15, 0.2) is 0 Å². The van der Waals surface area contributed by atoms with Crippen molar-refractivity contribution in [3.8, 4) is 0 Å². The first-order valence-electron chi connectivity index (χ1n) is 8.29. The van der Waals surface area contributed by atoms with Gasteiger partial charge in [-0.15, -0.1) is 11.8 Å². The topological polar surface area (TPSA) is 66.7 Å². The third kappa shape index (κ3) is 4.54. The summed E-state index contributed by atoms with van der Waals surface area (Å²) < 4.78 is 26.6. The van der Waals surface area contributed by atoms with Crippen molar-refractivity contribution < 1.29 is 18.5 Å². The molecule has 0 N–H and O–H groups in total. The summed E-state index contributed by atoms with van der Waals surface area (Å²) in [5.74, 6) is -1.44. The number of rotatable bonds is 5. The predicted molar refractivity (Wildman–Crippen MR) is 99.0 cm³/mol. The molecular weight excluding hydrogens is 376 g/mol. The third-order valence-electron chi connectivity index (χ3n) is 4.30. The molecule has 1 fully saturated rings. The number of benzene rings is 2. The average Bonchev–Trinajstić information content (AvgIpc) is 2.67. The lowest BCUT2D eigenvalue weighted by Crippen LogP contribution is -2.49. The molecule has 2 aromatic carbocycles. The van der Waals surface area contributed by atoms with Gasteiger partial charge in [0.05, 0.1) is 10.7 Å². The number of nitro groups is 1. The van der Waals surface area contributed by atoms with E-state index in [1.165, 1.54) is 12.1 Å². The lowest BCUT2D eigenvalue weighted by atomic mass is 10.2. The molecule has 0 atom stereocenters. The molecule has 0 aliphatic carbocycles. The Kier molecular flexibility index (Phi) is 5.90. The van der Waals surface area contributed by atoms with Crippen molar-refractivity contribution in [2.45, 2.75) is 4.90 Å². The Morgan fingerprint density at radius 3 is 2.48 bits per heavy atom. The number of carbonyl (C=O) groups excluding carboxylic acids is 1. The van der Waals surface area contributed by atoms with Gasteiger partial charge in [-0.1, -0.05) is 12.1 Å². The molecule has 142 valence electrons. The van der Waals surface area contributed by atoms with Crippen molar-refractivity contribution in [1.82, 2.24) is 4.90 Å². The van der Waals surface area contributed by atoms with E-state index in [1.54, 1.807) is 23.1 Å². The maximum atomic E-state index is 13.6. The SMILES string of the molecule is O=C(CSc1ccc(F)cc1F)N1CCN(c2ccccc2[N+](=O)[O-])CC1. The molecule has 1 aliphatic rings. The molecule has 2 aromatic rings. The van der Waals surface area contributed by atoms with Gasteiger partial charge < -0.3 is 9.80 Å². The Bertz CT molecular complexity index is 857. The number of carbonyl (C=O) groups is 1. The van der Waals surface area contributed by atoms with Crippen molar-refractivity contribution in [3.05, 3.63) is 64.2 Å². The van der Waals surface area contributed by atoms with Crippen molar-refractivity contribution in [3.63, 3.8) is 0 Å². The van der Waals surface area contributed by atoms with Crippen LogP contribution in [0.3, 0.4) is 0 Å². The zero-order valence-corrected chi connectivity index (χ0v) is 15.1. The number of thioether (sulfide) groups is 1. The van der Waals surface area contributed by atoms with Crippen molar-refractivity contribution in [2.75, 3.05) is 36.8 Å². The third-order valence-corrected chi connectivity index (χ3v) is 5.33. The molecule has 0 unspecified atom stereocenters. The van der Waals surface area contributed by atoms with E-state index in [1.807, 2.05) is 4.90 Å². The summed E-state index contributed by atoms with van der Waals surface area (Å²) >= 11 is 1.03. The van der Waals surface area contributed by atoms with E-state index in [2.05, 4.69) is 0 Å². The van der Waals surface area contributed by atoms with Crippen molar-refractivity contribution in [2.24, 2.45) is 0 Å². The summed E-state index contributed by atoms with van der Waals surface area (Å²) in [6, 6.07) is 9.78. The fourth-order valence-corrected chi connectivity index (χ4v) is 3.73. The van der Waals surface area contributed by atoms with Gasteiger partial charge in [0.25, 0.3) is 5.69 Å². The lowest BCUT2D eigenvalue weighted by molar-refractivity contribution is -0.384. The van der Waals surface area contributed by atoms with E-state index in [4.69, 9.17) is 0 Å². The number of nitrogens with zero attached hydrogens (tertiary/aromatic N) is 3. The number of hydrogen-bond donors (Lipinski definition) is 0. The molecule has 6 nitrogen and oxygen atoms in total. The quantitative estimate of drug-likeness (QED) is 0.443. The maximum absolute atomic E-state index is 13.6. The van der Waals surface area contributed by atoms with E-state index in [-0.39, 0.29) is 22.2 Å². The normalized spacial score (nSPS) is 14.3. The molecule has 0 aromatic heterocycles. The summed E-state index contributed by atoms with van der Waals surface area (Å²) in [6.07, 6.45) is 0. The molecule has 0 saturated carbocycles. The van der Waals surface area contributed by atoms with Crippen LogP contribution in [0.5, 0.6) is 0 Å². The number of nitro benzene ring substituents is 1. The van der Waals surface area contributed by atoms with Gasteiger partial charge in [-0.25, -0.2) is 8.78 Å². The molecule has 1 heterocycles. The molecule has 9 heteroatoms. The Morgan fingerprint density at radius 1 is 1.11 bits per heavy atom. The van der Waals surface area contributed by atoms with Crippen LogP contribution in [0, 0.1) is 21.7 Å².